The molecule has 0 saturated carbocycles. The highest BCUT2D eigenvalue weighted by Crippen LogP contribution is 2.33. The van der Waals surface area contributed by atoms with Crippen LogP contribution in [0.2, 0.25) is 0 Å². The number of benzene rings is 1. The first-order valence-electron chi connectivity index (χ1n) is 7.01. The molecule has 2 rings (SSSR count). The molecule has 0 aliphatic heterocycles. The fraction of sp³-hybridized carbons (Fsp3) is 0.375. The van der Waals surface area contributed by atoms with Gasteiger partial charge in [0.1, 0.15) is 11.6 Å². The van der Waals surface area contributed by atoms with E-state index in [1.54, 1.807) is 0 Å². The summed E-state index contributed by atoms with van der Waals surface area (Å²) < 4.78 is 0.918. The number of halogens is 1. The molecule has 1 aromatic carbocycles. The van der Waals surface area contributed by atoms with Crippen molar-refractivity contribution < 1.29 is 0 Å². The Bertz CT molecular complexity index is 565. The topological polar surface area (TPSA) is 37.8 Å². The van der Waals surface area contributed by atoms with E-state index in [-0.39, 0.29) is 0 Å². The number of nitrogens with zero attached hydrogens (tertiary/aromatic N) is 2. The maximum absolute atomic E-state index is 4.80. The lowest BCUT2D eigenvalue weighted by Gasteiger charge is -2.16. The van der Waals surface area contributed by atoms with Gasteiger partial charge in [0.15, 0.2) is 0 Å². The van der Waals surface area contributed by atoms with Crippen molar-refractivity contribution in [2.24, 2.45) is 0 Å². The van der Waals surface area contributed by atoms with Crippen LogP contribution in [0.5, 0.6) is 0 Å². The maximum atomic E-state index is 4.80. The lowest BCUT2D eigenvalue weighted by atomic mass is 10.0. The quantitative estimate of drug-likeness (QED) is 0.849. The molecule has 1 N–H and O–H groups in total. The molecule has 4 heteroatoms. The zero-order chi connectivity index (χ0) is 14.5. The van der Waals surface area contributed by atoms with Crippen molar-refractivity contribution in [3.8, 4) is 11.3 Å². The second kappa shape index (κ2) is 6.84. The first kappa shape index (κ1) is 15.0. The van der Waals surface area contributed by atoms with Gasteiger partial charge in [0.2, 0.25) is 0 Å². The molecule has 0 spiro atoms. The number of hydrogen-bond donors (Lipinski definition) is 1. The zero-order valence-corrected chi connectivity index (χ0v) is 13.7. The van der Waals surface area contributed by atoms with Crippen molar-refractivity contribution in [1.82, 2.24) is 9.97 Å². The van der Waals surface area contributed by atoms with Gasteiger partial charge in [0, 0.05) is 18.5 Å². The van der Waals surface area contributed by atoms with Crippen molar-refractivity contribution in [1.29, 1.82) is 0 Å². The summed E-state index contributed by atoms with van der Waals surface area (Å²) in [4.78, 5) is 9.45. The second-order valence-electron chi connectivity index (χ2n) is 4.72. The van der Waals surface area contributed by atoms with E-state index in [4.69, 9.17) is 4.98 Å². The number of aromatic nitrogens is 2. The van der Waals surface area contributed by atoms with Gasteiger partial charge in [-0.3, -0.25) is 0 Å². The zero-order valence-electron chi connectivity index (χ0n) is 12.2. The van der Waals surface area contributed by atoms with Crippen LogP contribution in [0.1, 0.15) is 38.4 Å². The smallest absolute Gasteiger partial charge is 0.144 e. The van der Waals surface area contributed by atoms with Crippen molar-refractivity contribution in [2.45, 2.75) is 32.6 Å². The number of rotatable bonds is 5. The van der Waals surface area contributed by atoms with Crippen molar-refractivity contribution in [2.75, 3.05) is 12.4 Å². The minimum atomic E-state index is 0.401. The van der Waals surface area contributed by atoms with E-state index in [2.05, 4.69) is 52.2 Å². The molecule has 0 aliphatic rings. The van der Waals surface area contributed by atoms with Crippen LogP contribution < -0.4 is 5.32 Å². The monoisotopic (exact) mass is 333 g/mol. The summed E-state index contributed by atoms with van der Waals surface area (Å²) >= 11 is 3.62. The van der Waals surface area contributed by atoms with Gasteiger partial charge in [-0.05, 0) is 28.8 Å². The van der Waals surface area contributed by atoms with E-state index in [0.29, 0.717) is 5.92 Å². The Morgan fingerprint density at radius 3 is 2.30 bits per heavy atom. The van der Waals surface area contributed by atoms with Gasteiger partial charge in [-0.2, -0.15) is 0 Å². The van der Waals surface area contributed by atoms with Gasteiger partial charge in [-0.1, -0.05) is 44.2 Å². The minimum absolute atomic E-state index is 0.401. The molecule has 0 saturated heterocycles. The molecule has 3 nitrogen and oxygen atoms in total. The van der Waals surface area contributed by atoms with Gasteiger partial charge in [-0.15, -0.1) is 0 Å². The highest BCUT2D eigenvalue weighted by atomic mass is 79.9. The summed E-state index contributed by atoms with van der Waals surface area (Å²) in [6, 6.07) is 10.2. The average Bonchev–Trinajstić information content (AvgIpc) is 2.50. The lowest BCUT2D eigenvalue weighted by molar-refractivity contribution is 0.603. The van der Waals surface area contributed by atoms with Crippen LogP contribution in [-0.4, -0.2) is 17.0 Å². The van der Waals surface area contributed by atoms with Crippen LogP contribution >= 0.6 is 15.9 Å². The summed E-state index contributed by atoms with van der Waals surface area (Å²) in [6.07, 6.45) is 2.10. The van der Waals surface area contributed by atoms with Crippen molar-refractivity contribution in [3.05, 3.63) is 40.6 Å². The molecular weight excluding hydrogens is 314 g/mol. The minimum Gasteiger partial charge on any atom is -0.372 e. The third-order valence-corrected chi connectivity index (χ3v) is 4.25. The van der Waals surface area contributed by atoms with Crippen LogP contribution in [0.15, 0.2) is 34.8 Å². The Labute approximate surface area is 129 Å². The summed E-state index contributed by atoms with van der Waals surface area (Å²) in [7, 11) is 1.89. The maximum Gasteiger partial charge on any atom is 0.144 e. The number of nitrogens with one attached hydrogen (secondary N) is 1. The molecule has 0 amide bonds. The van der Waals surface area contributed by atoms with E-state index < -0.39 is 0 Å². The summed E-state index contributed by atoms with van der Waals surface area (Å²) in [5, 5.41) is 3.15. The fourth-order valence-electron chi connectivity index (χ4n) is 2.25. The largest absolute Gasteiger partial charge is 0.372 e. The lowest BCUT2D eigenvalue weighted by Crippen LogP contribution is -2.07. The Morgan fingerprint density at radius 2 is 1.75 bits per heavy atom. The van der Waals surface area contributed by atoms with E-state index >= 15 is 0 Å². The van der Waals surface area contributed by atoms with Gasteiger partial charge in [0.05, 0.1) is 10.2 Å². The van der Waals surface area contributed by atoms with E-state index in [1.807, 2.05) is 25.2 Å². The fourth-order valence-corrected chi connectivity index (χ4v) is 2.86. The first-order chi connectivity index (χ1) is 9.71. The van der Waals surface area contributed by atoms with E-state index in [1.165, 1.54) is 0 Å². The van der Waals surface area contributed by atoms with E-state index in [0.717, 1.165) is 40.2 Å². The Morgan fingerprint density at radius 1 is 1.10 bits per heavy atom. The molecule has 2 aromatic rings. The Hall–Kier alpha value is -1.42. The van der Waals surface area contributed by atoms with Crippen LogP contribution in [0.4, 0.5) is 5.82 Å². The molecule has 106 valence electrons. The summed E-state index contributed by atoms with van der Waals surface area (Å²) in [6.45, 7) is 4.36. The van der Waals surface area contributed by atoms with Gasteiger partial charge >= 0.3 is 0 Å². The normalized spacial score (nSPS) is 10.8. The molecule has 0 aliphatic carbocycles. The number of hydrogen-bond acceptors (Lipinski definition) is 3. The van der Waals surface area contributed by atoms with Crippen molar-refractivity contribution in [3.63, 3.8) is 0 Å². The van der Waals surface area contributed by atoms with Gasteiger partial charge in [-0.25, -0.2) is 9.97 Å². The summed E-state index contributed by atoms with van der Waals surface area (Å²) in [5.74, 6) is 2.17. The van der Waals surface area contributed by atoms with Crippen molar-refractivity contribution >= 4 is 21.7 Å². The van der Waals surface area contributed by atoms with Crippen LogP contribution in [-0.2, 0) is 0 Å². The SMILES string of the molecule is CCC(CC)c1nc(NC)c(Br)c(-c2ccccc2)n1. The molecule has 1 heterocycles. The van der Waals surface area contributed by atoms with Gasteiger partial charge < -0.3 is 5.32 Å². The predicted octanol–water partition coefficient (Wildman–Crippen LogP) is 4.85. The molecular formula is C16H20BrN3. The molecule has 0 bridgehead atoms. The van der Waals surface area contributed by atoms with Gasteiger partial charge in [0.25, 0.3) is 0 Å². The van der Waals surface area contributed by atoms with E-state index in [9.17, 15) is 0 Å². The molecule has 1 aromatic heterocycles. The molecule has 0 fully saturated rings. The second-order valence-corrected chi connectivity index (χ2v) is 5.52. The predicted molar refractivity (Wildman–Crippen MR) is 88.0 cm³/mol. The Balaban J connectivity index is 2.58. The first-order valence-corrected chi connectivity index (χ1v) is 7.81. The molecule has 0 radical (unpaired) electrons. The third-order valence-electron chi connectivity index (χ3n) is 3.50. The summed E-state index contributed by atoms with van der Waals surface area (Å²) in [5.41, 5.74) is 2.05. The van der Waals surface area contributed by atoms with Crippen LogP contribution in [0.3, 0.4) is 0 Å². The molecule has 0 unspecified atom stereocenters. The number of anilines is 1. The molecule has 20 heavy (non-hydrogen) atoms. The van der Waals surface area contributed by atoms with Crippen LogP contribution in [0, 0.1) is 0 Å². The average molecular weight is 334 g/mol. The highest BCUT2D eigenvalue weighted by molar-refractivity contribution is 9.10. The standard InChI is InChI=1S/C16H20BrN3/c1-4-11(5-2)15-19-14(12-9-7-6-8-10-12)13(17)16(18-3)20-15/h6-11H,4-5H2,1-3H3,(H,18,19,20). The highest BCUT2D eigenvalue weighted by Gasteiger charge is 2.17. The van der Waals surface area contributed by atoms with Crippen LogP contribution in [0.25, 0.3) is 11.3 Å². The third kappa shape index (κ3) is 3.01. The Kier molecular flexibility index (Phi) is 5.12. The molecule has 0 atom stereocenters.